The summed E-state index contributed by atoms with van der Waals surface area (Å²) in [6.45, 7) is 4.35. The van der Waals surface area contributed by atoms with Crippen LogP contribution in [0.25, 0.3) is 11.1 Å². The first-order chi connectivity index (χ1) is 15.7. The molecule has 32 heavy (non-hydrogen) atoms. The Kier molecular flexibility index (Phi) is 5.51. The van der Waals surface area contributed by atoms with E-state index < -0.39 is 0 Å². The predicted octanol–water partition coefficient (Wildman–Crippen LogP) is 7.29. The maximum absolute atomic E-state index is 5.16. The van der Waals surface area contributed by atoms with Crippen LogP contribution in [0.4, 0.5) is 0 Å². The molecule has 1 heterocycles. The van der Waals surface area contributed by atoms with Crippen molar-refractivity contribution in [1.82, 2.24) is 0 Å². The van der Waals surface area contributed by atoms with Crippen LogP contribution in [0.3, 0.4) is 0 Å². The Labute approximate surface area is 190 Å². The fourth-order valence-electron chi connectivity index (χ4n) is 4.39. The van der Waals surface area contributed by atoms with E-state index in [-0.39, 0.29) is 12.0 Å². The highest BCUT2D eigenvalue weighted by atomic mass is 15.0. The lowest BCUT2D eigenvalue weighted by Crippen LogP contribution is -2.26. The summed E-state index contributed by atoms with van der Waals surface area (Å²) in [6, 6.07) is 38.3. The van der Waals surface area contributed by atoms with Crippen LogP contribution in [-0.4, -0.2) is 11.5 Å². The van der Waals surface area contributed by atoms with E-state index in [1.54, 1.807) is 0 Å². The fraction of sp³-hybridized carbons (Fsp3) is 0.133. The van der Waals surface area contributed by atoms with E-state index in [9.17, 15) is 0 Å². The molecule has 0 fully saturated rings. The van der Waals surface area contributed by atoms with Crippen molar-refractivity contribution < 1.29 is 0 Å². The topological polar surface area (TPSA) is 24.7 Å². The van der Waals surface area contributed by atoms with Crippen LogP contribution in [-0.2, 0) is 0 Å². The molecule has 0 bridgehead atoms. The van der Waals surface area contributed by atoms with Gasteiger partial charge in [0.05, 0.1) is 11.8 Å². The first kappa shape index (κ1) is 20.1. The second-order valence-electron chi connectivity index (χ2n) is 8.41. The van der Waals surface area contributed by atoms with Crippen molar-refractivity contribution in [3.8, 4) is 11.1 Å². The van der Waals surface area contributed by atoms with E-state index in [0.717, 1.165) is 22.7 Å². The molecule has 0 aromatic heterocycles. The maximum atomic E-state index is 5.16. The molecule has 2 heteroatoms. The Bertz CT molecular complexity index is 1290. The lowest BCUT2D eigenvalue weighted by atomic mass is 9.86. The molecule has 0 N–H and O–H groups in total. The van der Waals surface area contributed by atoms with Crippen LogP contribution in [0.15, 0.2) is 119 Å². The maximum Gasteiger partial charge on any atom is 0.155 e. The Balaban J connectivity index is 1.62. The molecule has 0 saturated heterocycles. The Morgan fingerprint density at radius 1 is 0.594 bits per heavy atom. The monoisotopic (exact) mass is 414 g/mol. The third kappa shape index (κ3) is 4.04. The third-order valence-electron chi connectivity index (χ3n) is 6.08. The van der Waals surface area contributed by atoms with Crippen LogP contribution >= 0.6 is 0 Å². The van der Waals surface area contributed by atoms with E-state index in [2.05, 4.69) is 117 Å². The summed E-state index contributed by atoms with van der Waals surface area (Å²) in [7, 11) is 0. The molecule has 2 atom stereocenters. The van der Waals surface area contributed by atoms with Crippen LogP contribution in [0.5, 0.6) is 0 Å². The SMILES string of the molecule is Cc1cccc(-c2cccc(C3=NC(c4ccccc4)C(C)C(c4ccccc4)=N3)c2)c1. The molecule has 2 unspecified atom stereocenters. The van der Waals surface area contributed by atoms with Crippen LogP contribution < -0.4 is 0 Å². The predicted molar refractivity (Wildman–Crippen MR) is 134 cm³/mol. The lowest BCUT2D eigenvalue weighted by Gasteiger charge is -2.28. The number of aryl methyl sites for hydroxylation is 1. The number of rotatable bonds is 4. The smallest absolute Gasteiger partial charge is 0.155 e. The summed E-state index contributed by atoms with van der Waals surface area (Å²) in [5.74, 6) is 0.980. The highest BCUT2D eigenvalue weighted by Gasteiger charge is 2.29. The van der Waals surface area contributed by atoms with Gasteiger partial charge in [0, 0.05) is 11.5 Å². The Morgan fingerprint density at radius 2 is 1.19 bits per heavy atom. The van der Waals surface area contributed by atoms with Gasteiger partial charge in [-0.3, -0.25) is 4.99 Å². The molecule has 5 rings (SSSR count). The van der Waals surface area contributed by atoms with Crippen molar-refractivity contribution in [3.63, 3.8) is 0 Å². The first-order valence-electron chi connectivity index (χ1n) is 11.1. The summed E-state index contributed by atoms with van der Waals surface area (Å²) in [5, 5.41) is 0. The molecular formula is C30H26N2. The van der Waals surface area contributed by atoms with Gasteiger partial charge in [0.15, 0.2) is 5.84 Å². The number of amidine groups is 1. The van der Waals surface area contributed by atoms with Gasteiger partial charge in [-0.1, -0.05) is 116 Å². The zero-order chi connectivity index (χ0) is 21.9. The number of nitrogens with zero attached hydrogens (tertiary/aromatic N) is 2. The number of benzene rings is 4. The largest absolute Gasteiger partial charge is 0.257 e. The minimum Gasteiger partial charge on any atom is -0.257 e. The molecule has 0 spiro atoms. The molecule has 2 nitrogen and oxygen atoms in total. The number of hydrogen-bond acceptors (Lipinski definition) is 2. The standard InChI is InChI=1S/C30H26N2/c1-21-11-9-16-25(19-21)26-17-10-18-27(20-26)30-31-28(23-12-5-3-6-13-23)22(2)29(32-30)24-14-7-4-8-15-24/h3-20,22,28H,1-2H3. The molecule has 1 aliphatic rings. The second-order valence-corrected chi connectivity index (χ2v) is 8.41. The minimum atomic E-state index is 0.0292. The molecule has 0 saturated carbocycles. The lowest BCUT2D eigenvalue weighted by molar-refractivity contribution is 0.592. The van der Waals surface area contributed by atoms with E-state index in [4.69, 9.17) is 9.98 Å². The number of hydrogen-bond donors (Lipinski definition) is 0. The molecule has 1 aliphatic heterocycles. The van der Waals surface area contributed by atoms with Crippen LogP contribution in [0.2, 0.25) is 0 Å². The van der Waals surface area contributed by atoms with Crippen molar-refractivity contribution in [2.75, 3.05) is 0 Å². The van der Waals surface area contributed by atoms with Crippen molar-refractivity contribution in [2.24, 2.45) is 15.9 Å². The summed E-state index contributed by atoms with van der Waals surface area (Å²) in [5.41, 5.74) is 8.16. The van der Waals surface area contributed by atoms with Crippen LogP contribution in [0, 0.1) is 12.8 Å². The molecule has 4 aromatic carbocycles. The molecule has 156 valence electrons. The van der Waals surface area contributed by atoms with E-state index in [1.807, 2.05) is 6.07 Å². The van der Waals surface area contributed by atoms with Gasteiger partial charge in [0.25, 0.3) is 0 Å². The van der Waals surface area contributed by atoms with Crippen LogP contribution in [0.1, 0.15) is 35.2 Å². The quantitative estimate of drug-likeness (QED) is 0.335. The fourth-order valence-corrected chi connectivity index (χ4v) is 4.39. The summed E-state index contributed by atoms with van der Waals surface area (Å²) < 4.78 is 0. The molecular weight excluding hydrogens is 388 g/mol. The van der Waals surface area contributed by atoms with Crippen molar-refractivity contribution in [3.05, 3.63) is 131 Å². The molecule has 4 aromatic rings. The average molecular weight is 415 g/mol. The molecule has 0 amide bonds. The third-order valence-corrected chi connectivity index (χ3v) is 6.08. The number of aliphatic imine (C=N–C) groups is 2. The van der Waals surface area contributed by atoms with E-state index >= 15 is 0 Å². The Morgan fingerprint density at radius 3 is 1.91 bits per heavy atom. The van der Waals surface area contributed by atoms with Gasteiger partial charge in [0.2, 0.25) is 0 Å². The van der Waals surface area contributed by atoms with Gasteiger partial charge >= 0.3 is 0 Å². The highest BCUT2D eigenvalue weighted by molar-refractivity contribution is 6.15. The normalized spacial score (nSPS) is 18.1. The molecule has 0 radical (unpaired) electrons. The zero-order valence-electron chi connectivity index (χ0n) is 18.4. The van der Waals surface area contributed by atoms with Crippen molar-refractivity contribution >= 4 is 11.5 Å². The van der Waals surface area contributed by atoms with Gasteiger partial charge in [-0.05, 0) is 35.2 Å². The second kappa shape index (κ2) is 8.76. The van der Waals surface area contributed by atoms with Gasteiger partial charge < -0.3 is 0 Å². The van der Waals surface area contributed by atoms with Gasteiger partial charge in [-0.25, -0.2) is 4.99 Å². The van der Waals surface area contributed by atoms with Crippen molar-refractivity contribution in [1.29, 1.82) is 0 Å². The first-order valence-corrected chi connectivity index (χ1v) is 11.1. The molecule has 0 aliphatic carbocycles. The van der Waals surface area contributed by atoms with Gasteiger partial charge in [-0.15, -0.1) is 0 Å². The highest BCUT2D eigenvalue weighted by Crippen LogP contribution is 2.34. The van der Waals surface area contributed by atoms with Crippen molar-refractivity contribution in [2.45, 2.75) is 19.9 Å². The zero-order valence-corrected chi connectivity index (χ0v) is 18.4. The van der Waals surface area contributed by atoms with E-state index in [0.29, 0.717) is 0 Å². The Hall–Kier alpha value is -3.78. The van der Waals surface area contributed by atoms with Gasteiger partial charge in [0.1, 0.15) is 0 Å². The summed E-state index contributed by atoms with van der Waals surface area (Å²) >= 11 is 0. The van der Waals surface area contributed by atoms with E-state index in [1.165, 1.54) is 22.3 Å². The van der Waals surface area contributed by atoms with Gasteiger partial charge in [-0.2, -0.15) is 0 Å². The summed E-state index contributed by atoms with van der Waals surface area (Å²) in [4.78, 5) is 10.3. The minimum absolute atomic E-state index is 0.0292. The summed E-state index contributed by atoms with van der Waals surface area (Å²) in [6.07, 6.45) is 0. The average Bonchev–Trinajstić information content (AvgIpc) is 2.85.